The number of nitrogens with one attached hydrogen (secondary N) is 1. The Morgan fingerprint density at radius 1 is 1.06 bits per heavy atom. The third-order valence-corrected chi connectivity index (χ3v) is 10.7. The van der Waals surface area contributed by atoms with Crippen molar-refractivity contribution in [3.8, 4) is 0 Å². The zero-order chi connectivity index (χ0) is 24.2. The molecule has 8 heteroatoms. The number of thioether (sulfide) groups is 1. The number of hydrogen-bond donors (Lipinski definition) is 3. The molecule has 0 aromatic carbocycles. The molecule has 7 nitrogen and oxygen atoms in total. The maximum absolute atomic E-state index is 13.6. The van der Waals surface area contributed by atoms with Crippen molar-refractivity contribution in [3.05, 3.63) is 17.7 Å². The molecule has 7 rings (SSSR count). The fraction of sp³-hybridized carbons (Fsp3) is 0.741. The quantitative estimate of drug-likeness (QED) is 0.542. The monoisotopic (exact) mass is 499 g/mol. The number of pyridine rings is 1. The summed E-state index contributed by atoms with van der Waals surface area (Å²) in [4.78, 5) is 32.1. The summed E-state index contributed by atoms with van der Waals surface area (Å²) < 4.78 is 0. The van der Waals surface area contributed by atoms with E-state index in [1.165, 1.54) is 19.3 Å². The molecule has 5 unspecified atom stereocenters. The van der Waals surface area contributed by atoms with Crippen molar-refractivity contribution in [2.24, 2.45) is 23.7 Å². The molecule has 35 heavy (non-hydrogen) atoms. The third-order valence-electron chi connectivity index (χ3n) is 9.32. The predicted octanol–water partition coefficient (Wildman–Crippen LogP) is 4.09. The Bertz CT molecular complexity index is 981. The van der Waals surface area contributed by atoms with Crippen LogP contribution in [0.2, 0.25) is 0 Å². The second kappa shape index (κ2) is 9.25. The van der Waals surface area contributed by atoms with Gasteiger partial charge in [-0.3, -0.25) is 9.59 Å². The van der Waals surface area contributed by atoms with E-state index >= 15 is 0 Å². The average molecular weight is 500 g/mol. The summed E-state index contributed by atoms with van der Waals surface area (Å²) in [6.07, 6.45) is 11.4. The van der Waals surface area contributed by atoms with Crippen LogP contribution in [-0.2, 0) is 4.79 Å². The zero-order valence-electron chi connectivity index (χ0n) is 20.3. The molecule has 4 bridgehead atoms. The first-order chi connectivity index (χ1) is 16.9. The number of aliphatic carboxylic acids is 1. The molecule has 190 valence electrons. The summed E-state index contributed by atoms with van der Waals surface area (Å²) in [6, 6.07) is 3.94. The SMILES string of the molecule is O=C(NC1C2CC3C[C@@H]1CC(O)(C3)C2)c1ccc(N2CCC(C(=O)O)C2)nc1SC1CCCCC1. The zero-order valence-corrected chi connectivity index (χ0v) is 21.1. The van der Waals surface area contributed by atoms with Crippen molar-refractivity contribution >= 4 is 29.5 Å². The summed E-state index contributed by atoms with van der Waals surface area (Å²) >= 11 is 1.73. The lowest BCUT2D eigenvalue weighted by molar-refractivity contribution is -0.141. The molecule has 6 atom stereocenters. The molecule has 3 N–H and O–H groups in total. The van der Waals surface area contributed by atoms with Crippen molar-refractivity contribution in [1.82, 2.24) is 10.3 Å². The van der Waals surface area contributed by atoms with Crippen molar-refractivity contribution in [3.63, 3.8) is 0 Å². The van der Waals surface area contributed by atoms with E-state index in [0.717, 1.165) is 55.8 Å². The summed E-state index contributed by atoms with van der Waals surface area (Å²) in [7, 11) is 0. The lowest BCUT2D eigenvalue weighted by atomic mass is 9.52. The molecule has 1 saturated heterocycles. The van der Waals surface area contributed by atoms with Crippen LogP contribution in [0.25, 0.3) is 0 Å². The standard InChI is InChI=1S/C27H37N3O4S/c31-24(29-23-18-10-16-11-19(23)14-27(34,12-16)13-18)21-6-7-22(30-9-8-17(15-30)26(32)33)28-25(21)35-20-4-2-1-3-5-20/h6-7,16-20,23,34H,1-5,8-15H2,(H,29,31)(H,32,33)/t16?,17?,18-,19?,23?,27?/m1/s1. The lowest BCUT2D eigenvalue weighted by Crippen LogP contribution is -2.61. The molecule has 5 saturated carbocycles. The number of anilines is 1. The molecule has 1 amide bonds. The van der Waals surface area contributed by atoms with Gasteiger partial charge in [-0.15, -0.1) is 11.8 Å². The maximum Gasteiger partial charge on any atom is 0.308 e. The number of aliphatic hydroxyl groups is 1. The maximum atomic E-state index is 13.6. The Morgan fingerprint density at radius 2 is 1.80 bits per heavy atom. The second-order valence-electron chi connectivity index (χ2n) is 11.9. The van der Waals surface area contributed by atoms with Crippen LogP contribution in [0.1, 0.15) is 81.0 Å². The number of carboxylic acid groups (broad SMARTS) is 1. The van der Waals surface area contributed by atoms with E-state index in [1.807, 2.05) is 17.0 Å². The second-order valence-corrected chi connectivity index (χ2v) is 13.2. The van der Waals surface area contributed by atoms with E-state index in [-0.39, 0.29) is 17.9 Å². The van der Waals surface area contributed by atoms with Crippen molar-refractivity contribution in [2.45, 2.75) is 92.5 Å². The number of nitrogens with zero attached hydrogens (tertiary/aromatic N) is 2. The fourth-order valence-electron chi connectivity index (χ4n) is 7.83. The largest absolute Gasteiger partial charge is 0.481 e. The van der Waals surface area contributed by atoms with Gasteiger partial charge in [-0.05, 0) is 81.3 Å². The summed E-state index contributed by atoms with van der Waals surface area (Å²) in [5, 5.41) is 25.0. The van der Waals surface area contributed by atoms with Crippen molar-refractivity contribution in [2.75, 3.05) is 18.0 Å². The summed E-state index contributed by atoms with van der Waals surface area (Å²) in [5.74, 6) is 0.974. The van der Waals surface area contributed by atoms with Gasteiger partial charge in [0.05, 0.1) is 17.1 Å². The number of amides is 1. The van der Waals surface area contributed by atoms with E-state index in [9.17, 15) is 19.8 Å². The molecule has 6 aliphatic rings. The number of hydrogen-bond acceptors (Lipinski definition) is 6. The number of rotatable bonds is 6. The molecule has 1 aromatic rings. The van der Waals surface area contributed by atoms with Gasteiger partial charge in [0.1, 0.15) is 10.8 Å². The van der Waals surface area contributed by atoms with Gasteiger partial charge in [0.2, 0.25) is 0 Å². The first-order valence-corrected chi connectivity index (χ1v) is 14.4. The van der Waals surface area contributed by atoms with E-state index in [1.54, 1.807) is 11.8 Å². The molecule has 1 aromatic heterocycles. The van der Waals surface area contributed by atoms with Crippen LogP contribution in [-0.4, -0.2) is 57.1 Å². The van der Waals surface area contributed by atoms with Gasteiger partial charge in [0, 0.05) is 24.4 Å². The number of carbonyl (C=O) groups excluding carboxylic acids is 1. The molecule has 2 heterocycles. The van der Waals surface area contributed by atoms with Crippen LogP contribution in [0.4, 0.5) is 5.82 Å². The first kappa shape index (κ1) is 23.6. The Balaban J connectivity index is 1.23. The van der Waals surface area contributed by atoms with Crippen molar-refractivity contribution in [1.29, 1.82) is 0 Å². The van der Waals surface area contributed by atoms with E-state index < -0.39 is 11.6 Å². The third kappa shape index (κ3) is 4.68. The van der Waals surface area contributed by atoms with Crippen LogP contribution < -0.4 is 10.2 Å². The topological polar surface area (TPSA) is 103 Å². The molecule has 0 radical (unpaired) electrons. The van der Waals surface area contributed by atoms with Gasteiger partial charge in [-0.1, -0.05) is 19.3 Å². The highest BCUT2D eigenvalue weighted by Gasteiger charge is 2.55. The number of carbonyl (C=O) groups is 2. The van der Waals surface area contributed by atoms with E-state index in [2.05, 4.69) is 5.32 Å². The van der Waals surface area contributed by atoms with Crippen LogP contribution in [0, 0.1) is 23.7 Å². The predicted molar refractivity (Wildman–Crippen MR) is 135 cm³/mol. The van der Waals surface area contributed by atoms with Gasteiger partial charge in [-0.2, -0.15) is 0 Å². The molecular formula is C27H37N3O4S. The van der Waals surface area contributed by atoms with Crippen molar-refractivity contribution < 1.29 is 19.8 Å². The summed E-state index contributed by atoms with van der Waals surface area (Å²) in [5.41, 5.74) is 0.137. The van der Waals surface area contributed by atoms with Gasteiger partial charge < -0.3 is 20.4 Å². The van der Waals surface area contributed by atoms with Crippen LogP contribution in [0.15, 0.2) is 17.2 Å². The smallest absolute Gasteiger partial charge is 0.308 e. The fourth-order valence-corrected chi connectivity index (χ4v) is 9.15. The van der Waals surface area contributed by atoms with E-state index in [4.69, 9.17) is 4.98 Å². The highest BCUT2D eigenvalue weighted by Crippen LogP contribution is 2.55. The van der Waals surface area contributed by atoms with Crippen LogP contribution in [0.3, 0.4) is 0 Å². The number of aromatic nitrogens is 1. The Morgan fingerprint density at radius 3 is 2.46 bits per heavy atom. The average Bonchev–Trinajstić information content (AvgIpc) is 3.32. The molecule has 0 spiro atoms. The Hall–Kier alpha value is -1.80. The minimum absolute atomic E-state index is 0.0448. The van der Waals surface area contributed by atoms with Crippen LogP contribution >= 0.6 is 11.8 Å². The Kier molecular flexibility index (Phi) is 6.24. The van der Waals surface area contributed by atoms with E-state index in [0.29, 0.717) is 48.1 Å². The number of carboxylic acids is 1. The molecule has 1 aliphatic heterocycles. The minimum Gasteiger partial charge on any atom is -0.481 e. The molecule has 5 aliphatic carbocycles. The molecule has 6 fully saturated rings. The summed E-state index contributed by atoms with van der Waals surface area (Å²) in [6.45, 7) is 1.15. The van der Waals surface area contributed by atoms with Gasteiger partial charge in [0.15, 0.2) is 0 Å². The molecular weight excluding hydrogens is 462 g/mol. The minimum atomic E-state index is -0.749. The highest BCUT2D eigenvalue weighted by molar-refractivity contribution is 7.99. The normalized spacial score (nSPS) is 36.5. The van der Waals surface area contributed by atoms with Gasteiger partial charge >= 0.3 is 5.97 Å². The van der Waals surface area contributed by atoms with Gasteiger partial charge in [0.25, 0.3) is 5.91 Å². The lowest BCUT2D eigenvalue weighted by Gasteiger charge is -2.58. The highest BCUT2D eigenvalue weighted by atomic mass is 32.2. The first-order valence-electron chi connectivity index (χ1n) is 13.6. The van der Waals surface area contributed by atoms with Crippen LogP contribution in [0.5, 0.6) is 0 Å². The van der Waals surface area contributed by atoms with Gasteiger partial charge in [-0.25, -0.2) is 4.98 Å². The Labute approximate surface area is 211 Å².